The maximum absolute atomic E-state index is 13.1. The van der Waals surface area contributed by atoms with Gasteiger partial charge < -0.3 is 15.2 Å². The van der Waals surface area contributed by atoms with E-state index in [0.717, 1.165) is 11.1 Å². The standard InChI is InChI=1S/C16H13F2NO3/c1-8-3-9(2)5-10(4-8)15(20)11-6-13-14(7-12(11)19)22-16(17,18)21-13/h3-7H,19H2,1-2H3. The third-order valence-electron chi connectivity index (χ3n) is 3.30. The molecule has 0 saturated heterocycles. The largest absolute Gasteiger partial charge is 0.586 e. The highest BCUT2D eigenvalue weighted by Crippen LogP contribution is 2.43. The number of hydrogen-bond donors (Lipinski definition) is 1. The fourth-order valence-electron chi connectivity index (χ4n) is 2.47. The lowest BCUT2D eigenvalue weighted by atomic mass is 9.98. The van der Waals surface area contributed by atoms with Crippen LogP contribution in [-0.4, -0.2) is 12.1 Å². The van der Waals surface area contributed by atoms with Crippen LogP contribution in [0.3, 0.4) is 0 Å². The maximum atomic E-state index is 13.1. The average molecular weight is 305 g/mol. The zero-order valence-corrected chi connectivity index (χ0v) is 11.9. The number of carbonyl (C=O) groups is 1. The number of rotatable bonds is 2. The summed E-state index contributed by atoms with van der Waals surface area (Å²) in [5, 5.41) is 0. The lowest BCUT2D eigenvalue weighted by molar-refractivity contribution is -0.286. The molecule has 6 heteroatoms. The molecule has 0 aliphatic carbocycles. The van der Waals surface area contributed by atoms with E-state index in [1.54, 1.807) is 12.1 Å². The molecule has 2 aromatic rings. The molecule has 2 N–H and O–H groups in total. The highest BCUT2D eigenvalue weighted by Gasteiger charge is 2.44. The Kier molecular flexibility index (Phi) is 3.05. The van der Waals surface area contributed by atoms with E-state index in [-0.39, 0.29) is 28.5 Å². The second-order valence-corrected chi connectivity index (χ2v) is 5.26. The van der Waals surface area contributed by atoms with Crippen LogP contribution in [0.4, 0.5) is 14.5 Å². The van der Waals surface area contributed by atoms with E-state index in [0.29, 0.717) is 5.56 Å². The minimum atomic E-state index is -3.74. The van der Waals surface area contributed by atoms with Gasteiger partial charge in [0.05, 0.1) is 0 Å². The molecule has 0 bridgehead atoms. The van der Waals surface area contributed by atoms with Gasteiger partial charge in [-0.25, -0.2) is 0 Å². The number of ketones is 1. The summed E-state index contributed by atoms with van der Waals surface area (Å²) in [4.78, 5) is 12.6. The fourth-order valence-corrected chi connectivity index (χ4v) is 2.47. The summed E-state index contributed by atoms with van der Waals surface area (Å²) in [7, 11) is 0. The predicted molar refractivity (Wildman–Crippen MR) is 76.4 cm³/mol. The van der Waals surface area contributed by atoms with Crippen LogP contribution in [0.5, 0.6) is 11.5 Å². The quantitative estimate of drug-likeness (QED) is 0.682. The van der Waals surface area contributed by atoms with Gasteiger partial charge in [-0.15, -0.1) is 8.78 Å². The molecule has 3 rings (SSSR count). The van der Waals surface area contributed by atoms with Crippen LogP contribution >= 0.6 is 0 Å². The Morgan fingerprint density at radius 2 is 1.55 bits per heavy atom. The molecule has 114 valence electrons. The van der Waals surface area contributed by atoms with Crippen LogP contribution in [0.1, 0.15) is 27.0 Å². The normalized spacial score (nSPS) is 14.9. The fraction of sp³-hybridized carbons (Fsp3) is 0.188. The minimum absolute atomic E-state index is 0.0595. The van der Waals surface area contributed by atoms with Crippen LogP contribution in [0.2, 0.25) is 0 Å². The minimum Gasteiger partial charge on any atom is -0.398 e. The van der Waals surface area contributed by atoms with E-state index in [1.165, 1.54) is 12.1 Å². The molecule has 0 amide bonds. The molecule has 0 fully saturated rings. The number of anilines is 1. The van der Waals surface area contributed by atoms with Crippen molar-refractivity contribution in [2.24, 2.45) is 0 Å². The monoisotopic (exact) mass is 305 g/mol. The number of benzene rings is 2. The van der Waals surface area contributed by atoms with Crippen molar-refractivity contribution in [2.75, 3.05) is 5.73 Å². The smallest absolute Gasteiger partial charge is 0.398 e. The van der Waals surface area contributed by atoms with E-state index in [9.17, 15) is 13.6 Å². The van der Waals surface area contributed by atoms with Gasteiger partial charge in [0.25, 0.3) is 0 Å². The van der Waals surface area contributed by atoms with Crippen LogP contribution in [0, 0.1) is 13.8 Å². The van der Waals surface area contributed by atoms with Gasteiger partial charge in [-0.1, -0.05) is 17.2 Å². The first-order valence-electron chi connectivity index (χ1n) is 6.57. The van der Waals surface area contributed by atoms with Gasteiger partial charge in [0.1, 0.15) is 0 Å². The molecule has 0 aromatic heterocycles. The Labute approximate surface area is 125 Å². The number of carbonyl (C=O) groups excluding carboxylic acids is 1. The van der Waals surface area contributed by atoms with Crippen molar-refractivity contribution in [1.29, 1.82) is 0 Å². The van der Waals surface area contributed by atoms with E-state index in [1.807, 2.05) is 19.9 Å². The van der Waals surface area contributed by atoms with E-state index in [2.05, 4.69) is 9.47 Å². The van der Waals surface area contributed by atoms with Crippen LogP contribution in [0.15, 0.2) is 30.3 Å². The number of nitrogen functional groups attached to an aromatic ring is 1. The Morgan fingerprint density at radius 3 is 2.14 bits per heavy atom. The summed E-state index contributed by atoms with van der Waals surface area (Å²) in [6.07, 6.45) is -3.74. The van der Waals surface area contributed by atoms with Crippen LogP contribution in [-0.2, 0) is 0 Å². The summed E-state index contributed by atoms with van der Waals surface area (Å²) in [6.45, 7) is 3.74. The summed E-state index contributed by atoms with van der Waals surface area (Å²) in [6, 6.07) is 7.72. The first-order valence-corrected chi connectivity index (χ1v) is 6.57. The van der Waals surface area contributed by atoms with Crippen molar-refractivity contribution in [2.45, 2.75) is 20.1 Å². The van der Waals surface area contributed by atoms with Gasteiger partial charge in [-0.3, -0.25) is 4.79 Å². The van der Waals surface area contributed by atoms with Crippen LogP contribution in [0.25, 0.3) is 0 Å². The molecule has 22 heavy (non-hydrogen) atoms. The predicted octanol–water partition coefficient (Wildman–Crippen LogP) is 3.44. The van der Waals surface area contributed by atoms with E-state index in [4.69, 9.17) is 5.73 Å². The lowest BCUT2D eigenvalue weighted by Gasteiger charge is -2.08. The number of nitrogens with two attached hydrogens (primary N) is 1. The molecule has 0 radical (unpaired) electrons. The average Bonchev–Trinajstić information content (AvgIpc) is 2.68. The van der Waals surface area contributed by atoms with Gasteiger partial charge in [0, 0.05) is 22.9 Å². The van der Waals surface area contributed by atoms with Gasteiger partial charge in [0.2, 0.25) is 0 Å². The first kappa shape index (κ1) is 14.3. The van der Waals surface area contributed by atoms with Crippen molar-refractivity contribution < 1.29 is 23.0 Å². The van der Waals surface area contributed by atoms with Gasteiger partial charge in [-0.2, -0.15) is 0 Å². The number of ether oxygens (including phenoxy) is 2. The van der Waals surface area contributed by atoms with Crippen molar-refractivity contribution in [3.8, 4) is 11.5 Å². The van der Waals surface area contributed by atoms with Gasteiger partial charge >= 0.3 is 6.29 Å². The molecule has 4 nitrogen and oxygen atoms in total. The van der Waals surface area contributed by atoms with Crippen molar-refractivity contribution in [3.63, 3.8) is 0 Å². The molecular formula is C16H13F2NO3. The van der Waals surface area contributed by atoms with Crippen LogP contribution < -0.4 is 15.2 Å². The molecule has 2 aromatic carbocycles. The Hall–Kier alpha value is -2.63. The molecule has 1 aliphatic heterocycles. The molecule has 0 atom stereocenters. The number of hydrogen-bond acceptors (Lipinski definition) is 4. The lowest BCUT2D eigenvalue weighted by Crippen LogP contribution is -2.25. The van der Waals surface area contributed by atoms with Crippen molar-refractivity contribution >= 4 is 11.5 Å². The highest BCUT2D eigenvalue weighted by molar-refractivity contribution is 6.12. The Bertz CT molecular complexity index is 767. The number of aryl methyl sites for hydroxylation is 2. The first-order chi connectivity index (χ1) is 10.2. The Morgan fingerprint density at radius 1 is 1.00 bits per heavy atom. The molecular weight excluding hydrogens is 292 g/mol. The number of alkyl halides is 2. The van der Waals surface area contributed by atoms with Crippen molar-refractivity contribution in [1.82, 2.24) is 0 Å². The zero-order chi connectivity index (χ0) is 16.1. The summed E-state index contributed by atoms with van der Waals surface area (Å²) in [5.74, 6) is -0.739. The highest BCUT2D eigenvalue weighted by atomic mass is 19.3. The second-order valence-electron chi connectivity index (χ2n) is 5.26. The molecule has 0 unspecified atom stereocenters. The summed E-state index contributed by atoms with van der Waals surface area (Å²) >= 11 is 0. The third kappa shape index (κ3) is 2.47. The Balaban J connectivity index is 2.04. The number of halogens is 2. The zero-order valence-electron chi connectivity index (χ0n) is 11.9. The van der Waals surface area contributed by atoms with Gasteiger partial charge in [-0.05, 0) is 32.0 Å². The summed E-state index contributed by atoms with van der Waals surface area (Å²) < 4.78 is 34.8. The summed E-state index contributed by atoms with van der Waals surface area (Å²) in [5.41, 5.74) is 8.25. The van der Waals surface area contributed by atoms with E-state index < -0.39 is 6.29 Å². The molecule has 0 spiro atoms. The SMILES string of the molecule is Cc1cc(C)cc(C(=O)c2cc3c(cc2N)OC(F)(F)O3)c1. The topological polar surface area (TPSA) is 61.6 Å². The third-order valence-corrected chi connectivity index (χ3v) is 3.30. The van der Waals surface area contributed by atoms with Gasteiger partial charge in [0.15, 0.2) is 17.3 Å². The second kappa shape index (κ2) is 4.69. The molecule has 1 heterocycles. The maximum Gasteiger partial charge on any atom is 0.586 e. The molecule has 0 saturated carbocycles. The number of fused-ring (bicyclic) bond motifs is 1. The molecule has 1 aliphatic rings. The van der Waals surface area contributed by atoms with Crippen molar-refractivity contribution in [3.05, 3.63) is 52.6 Å². The van der Waals surface area contributed by atoms with E-state index >= 15 is 0 Å².